The van der Waals surface area contributed by atoms with Crippen LogP contribution in [0.15, 0.2) is 69.7 Å². The molecular formula is C22H24N4O3S2. The van der Waals surface area contributed by atoms with Gasteiger partial charge in [-0.05, 0) is 49.6 Å². The van der Waals surface area contributed by atoms with Crippen LogP contribution >= 0.6 is 11.8 Å². The fourth-order valence-corrected chi connectivity index (χ4v) is 5.02. The molecule has 1 amide bonds. The predicted octanol–water partition coefficient (Wildman–Crippen LogP) is 4.02. The molecule has 0 unspecified atom stereocenters. The zero-order valence-corrected chi connectivity index (χ0v) is 19.1. The highest BCUT2D eigenvalue weighted by Gasteiger charge is 2.24. The molecule has 0 spiro atoms. The number of aryl methyl sites for hydroxylation is 2. The van der Waals surface area contributed by atoms with Gasteiger partial charge in [0, 0.05) is 5.69 Å². The van der Waals surface area contributed by atoms with E-state index < -0.39 is 15.1 Å². The number of nitrogens with one attached hydrogen (secondary N) is 1. The van der Waals surface area contributed by atoms with E-state index in [1.54, 1.807) is 18.2 Å². The SMILES string of the molecule is CC[C@H](Sc1ncc(S(=O)(=O)c2ccccc2)c(N)n1)C(=O)Nc1cc(C)ccc1C. The number of rotatable bonds is 7. The first kappa shape index (κ1) is 22.8. The molecule has 3 aromatic rings. The number of hydrogen-bond acceptors (Lipinski definition) is 7. The van der Waals surface area contributed by atoms with E-state index in [4.69, 9.17) is 5.73 Å². The maximum absolute atomic E-state index is 12.8. The number of nitrogens with zero attached hydrogens (tertiary/aromatic N) is 2. The molecule has 162 valence electrons. The van der Waals surface area contributed by atoms with Crippen molar-refractivity contribution in [3.63, 3.8) is 0 Å². The molecule has 0 saturated carbocycles. The molecule has 0 bridgehead atoms. The molecule has 0 aliphatic rings. The van der Waals surface area contributed by atoms with Gasteiger partial charge in [-0.25, -0.2) is 18.4 Å². The van der Waals surface area contributed by atoms with Crippen LogP contribution in [0.5, 0.6) is 0 Å². The molecule has 0 aliphatic heterocycles. The Morgan fingerprint density at radius 3 is 2.52 bits per heavy atom. The van der Waals surface area contributed by atoms with Crippen molar-refractivity contribution >= 4 is 39.0 Å². The monoisotopic (exact) mass is 456 g/mol. The van der Waals surface area contributed by atoms with Crippen molar-refractivity contribution in [2.24, 2.45) is 0 Å². The van der Waals surface area contributed by atoms with E-state index in [0.29, 0.717) is 6.42 Å². The predicted molar refractivity (Wildman–Crippen MR) is 123 cm³/mol. The first-order valence-electron chi connectivity index (χ1n) is 9.69. The average molecular weight is 457 g/mol. The molecule has 2 aromatic carbocycles. The normalized spacial score (nSPS) is 12.4. The topological polar surface area (TPSA) is 115 Å². The highest BCUT2D eigenvalue weighted by atomic mass is 32.2. The van der Waals surface area contributed by atoms with Crippen molar-refractivity contribution in [2.45, 2.75) is 47.4 Å². The summed E-state index contributed by atoms with van der Waals surface area (Å²) >= 11 is 1.15. The van der Waals surface area contributed by atoms with Crippen LogP contribution < -0.4 is 11.1 Å². The molecule has 31 heavy (non-hydrogen) atoms. The van der Waals surface area contributed by atoms with Gasteiger partial charge in [-0.2, -0.15) is 0 Å². The number of carbonyl (C=O) groups excluding carboxylic acids is 1. The van der Waals surface area contributed by atoms with E-state index in [2.05, 4.69) is 15.3 Å². The van der Waals surface area contributed by atoms with Crippen LogP contribution in [-0.2, 0) is 14.6 Å². The second-order valence-electron chi connectivity index (χ2n) is 7.04. The van der Waals surface area contributed by atoms with E-state index >= 15 is 0 Å². The third-order valence-electron chi connectivity index (χ3n) is 4.67. The number of amides is 1. The third-order valence-corrected chi connectivity index (χ3v) is 7.69. The van der Waals surface area contributed by atoms with Gasteiger partial charge in [-0.3, -0.25) is 4.79 Å². The summed E-state index contributed by atoms with van der Waals surface area (Å²) in [6.45, 7) is 5.78. The van der Waals surface area contributed by atoms with Gasteiger partial charge in [-0.15, -0.1) is 0 Å². The summed E-state index contributed by atoms with van der Waals surface area (Å²) < 4.78 is 25.6. The highest BCUT2D eigenvalue weighted by molar-refractivity contribution is 8.00. The van der Waals surface area contributed by atoms with Gasteiger partial charge < -0.3 is 11.1 Å². The molecule has 1 aromatic heterocycles. The lowest BCUT2D eigenvalue weighted by atomic mass is 10.1. The van der Waals surface area contributed by atoms with Crippen LogP contribution in [0.1, 0.15) is 24.5 Å². The van der Waals surface area contributed by atoms with E-state index in [1.165, 1.54) is 18.3 Å². The van der Waals surface area contributed by atoms with Crippen molar-refractivity contribution in [2.75, 3.05) is 11.1 Å². The number of aromatic nitrogens is 2. The zero-order valence-electron chi connectivity index (χ0n) is 17.5. The standard InChI is InChI=1S/C22H24N4O3S2/c1-4-18(21(27)25-17-12-14(2)10-11-15(17)3)30-22-24-13-19(20(23)26-22)31(28,29)16-8-6-5-7-9-16/h5-13,18H,4H2,1-3H3,(H,25,27)(H2,23,24,26)/t18-/m0/s1. The lowest BCUT2D eigenvalue weighted by Crippen LogP contribution is -2.25. The minimum Gasteiger partial charge on any atom is -0.382 e. The summed E-state index contributed by atoms with van der Waals surface area (Å²) in [4.78, 5) is 21.0. The van der Waals surface area contributed by atoms with E-state index in [1.807, 2.05) is 39.0 Å². The van der Waals surface area contributed by atoms with Crippen molar-refractivity contribution in [3.8, 4) is 0 Å². The number of sulfone groups is 1. The number of carbonyl (C=O) groups is 1. The number of benzene rings is 2. The van der Waals surface area contributed by atoms with Crippen LogP contribution in [0, 0.1) is 13.8 Å². The summed E-state index contributed by atoms with van der Waals surface area (Å²) in [6, 6.07) is 13.8. The molecule has 3 N–H and O–H groups in total. The van der Waals surface area contributed by atoms with Crippen molar-refractivity contribution < 1.29 is 13.2 Å². The minimum atomic E-state index is -3.82. The molecule has 0 aliphatic carbocycles. The van der Waals surface area contributed by atoms with Crippen molar-refractivity contribution in [3.05, 3.63) is 65.9 Å². The lowest BCUT2D eigenvalue weighted by Gasteiger charge is -2.16. The van der Waals surface area contributed by atoms with Gasteiger partial charge in [0.1, 0.15) is 10.7 Å². The molecular weight excluding hydrogens is 432 g/mol. The molecule has 1 heterocycles. The van der Waals surface area contributed by atoms with Gasteiger partial charge in [0.2, 0.25) is 15.7 Å². The van der Waals surface area contributed by atoms with Crippen molar-refractivity contribution in [1.82, 2.24) is 9.97 Å². The van der Waals surface area contributed by atoms with Gasteiger partial charge in [-0.1, -0.05) is 49.0 Å². The largest absolute Gasteiger partial charge is 0.382 e. The summed E-state index contributed by atoms with van der Waals surface area (Å²) in [6.07, 6.45) is 1.73. The number of nitrogen functional groups attached to an aromatic ring is 1. The van der Waals surface area contributed by atoms with Crippen molar-refractivity contribution in [1.29, 1.82) is 0 Å². The fraction of sp³-hybridized carbons (Fsp3) is 0.227. The maximum atomic E-state index is 12.8. The Morgan fingerprint density at radius 2 is 1.87 bits per heavy atom. The first-order chi connectivity index (χ1) is 14.7. The quantitative estimate of drug-likeness (QED) is 0.407. The Morgan fingerprint density at radius 1 is 1.16 bits per heavy atom. The first-order valence-corrected chi connectivity index (χ1v) is 12.1. The van der Waals surface area contributed by atoms with E-state index in [0.717, 1.165) is 28.6 Å². The van der Waals surface area contributed by atoms with Crippen LogP contribution in [0.25, 0.3) is 0 Å². The Balaban J connectivity index is 1.79. The van der Waals surface area contributed by atoms with Crippen LogP contribution in [0.4, 0.5) is 11.5 Å². The van der Waals surface area contributed by atoms with E-state index in [9.17, 15) is 13.2 Å². The second-order valence-corrected chi connectivity index (χ2v) is 10.1. The van der Waals surface area contributed by atoms with Crippen LogP contribution in [0.3, 0.4) is 0 Å². The fourth-order valence-electron chi connectivity index (χ4n) is 2.89. The molecule has 3 rings (SSSR count). The van der Waals surface area contributed by atoms with Gasteiger partial charge in [0.05, 0.1) is 16.3 Å². The molecule has 0 radical (unpaired) electrons. The smallest absolute Gasteiger partial charge is 0.237 e. The lowest BCUT2D eigenvalue weighted by molar-refractivity contribution is -0.115. The Hall–Kier alpha value is -2.91. The average Bonchev–Trinajstić information content (AvgIpc) is 2.75. The van der Waals surface area contributed by atoms with Crippen LogP contribution in [-0.4, -0.2) is 29.5 Å². The van der Waals surface area contributed by atoms with E-state index in [-0.39, 0.29) is 26.7 Å². The molecule has 7 nitrogen and oxygen atoms in total. The number of hydrogen-bond donors (Lipinski definition) is 2. The second kappa shape index (κ2) is 9.49. The summed E-state index contributed by atoms with van der Waals surface area (Å²) in [5.74, 6) is -0.324. The summed E-state index contributed by atoms with van der Waals surface area (Å²) in [7, 11) is -3.82. The van der Waals surface area contributed by atoms with Crippen LogP contribution in [0.2, 0.25) is 0 Å². The Bertz CT molecular complexity index is 1200. The summed E-state index contributed by atoms with van der Waals surface area (Å²) in [5.41, 5.74) is 8.73. The highest BCUT2D eigenvalue weighted by Crippen LogP contribution is 2.29. The number of nitrogens with two attached hydrogens (primary N) is 1. The van der Waals surface area contributed by atoms with Gasteiger partial charge in [0.15, 0.2) is 5.16 Å². The Labute approximate surface area is 186 Å². The number of thioether (sulfide) groups is 1. The minimum absolute atomic E-state index is 0.116. The zero-order chi connectivity index (χ0) is 22.6. The molecule has 0 saturated heterocycles. The van der Waals surface area contributed by atoms with Gasteiger partial charge in [0.25, 0.3) is 0 Å². The summed E-state index contributed by atoms with van der Waals surface area (Å²) in [5, 5.41) is 2.73. The Kier molecular flexibility index (Phi) is 6.97. The maximum Gasteiger partial charge on any atom is 0.237 e. The molecule has 0 fully saturated rings. The third kappa shape index (κ3) is 5.23. The molecule has 9 heteroatoms. The van der Waals surface area contributed by atoms with Gasteiger partial charge >= 0.3 is 0 Å². The number of anilines is 2. The molecule has 1 atom stereocenters.